The van der Waals surface area contributed by atoms with Gasteiger partial charge in [0.05, 0.1) is 10.7 Å². The number of halogens is 1. The molecule has 0 radical (unpaired) electrons. The first-order valence-electron chi connectivity index (χ1n) is 8.27. The zero-order valence-corrected chi connectivity index (χ0v) is 14.9. The molecule has 1 aromatic carbocycles. The van der Waals surface area contributed by atoms with Crippen LogP contribution in [0.1, 0.15) is 42.2 Å². The summed E-state index contributed by atoms with van der Waals surface area (Å²) in [5.74, 6) is 0.0901. The van der Waals surface area contributed by atoms with Gasteiger partial charge in [-0.05, 0) is 37.8 Å². The number of para-hydroxylation sites is 1. The van der Waals surface area contributed by atoms with E-state index in [1.54, 1.807) is 16.9 Å². The number of benzene rings is 1. The standard InChI is InChI=1S/C18H24ClN3O2/c1-3-6-14(9-10-23)11-20-18(24)17-13(2)12-22(21-17)16-8-5-4-7-15(16)19/h4-5,7-8,12,14,23H,3,6,9-11H2,1-2H3,(H,20,24). The van der Waals surface area contributed by atoms with Gasteiger partial charge in [-0.3, -0.25) is 4.79 Å². The molecule has 0 aliphatic heterocycles. The zero-order chi connectivity index (χ0) is 17.5. The normalized spacial score (nSPS) is 12.2. The summed E-state index contributed by atoms with van der Waals surface area (Å²) >= 11 is 6.19. The number of amides is 1. The van der Waals surface area contributed by atoms with E-state index in [1.807, 2.05) is 25.1 Å². The van der Waals surface area contributed by atoms with Crippen LogP contribution in [0.2, 0.25) is 5.02 Å². The summed E-state index contributed by atoms with van der Waals surface area (Å²) in [5, 5.41) is 17.0. The fourth-order valence-corrected chi connectivity index (χ4v) is 2.93. The van der Waals surface area contributed by atoms with Crippen molar-refractivity contribution < 1.29 is 9.90 Å². The maximum absolute atomic E-state index is 12.4. The van der Waals surface area contributed by atoms with Crippen molar-refractivity contribution in [1.82, 2.24) is 15.1 Å². The molecule has 0 saturated carbocycles. The molecule has 0 spiro atoms. The van der Waals surface area contributed by atoms with Crippen LogP contribution in [0.15, 0.2) is 30.5 Å². The minimum atomic E-state index is -0.197. The van der Waals surface area contributed by atoms with Crippen LogP contribution in [0.5, 0.6) is 0 Å². The van der Waals surface area contributed by atoms with Gasteiger partial charge >= 0.3 is 0 Å². The maximum Gasteiger partial charge on any atom is 0.272 e. The molecule has 5 nitrogen and oxygen atoms in total. The van der Waals surface area contributed by atoms with Crippen LogP contribution < -0.4 is 5.32 Å². The van der Waals surface area contributed by atoms with Gasteiger partial charge in [-0.2, -0.15) is 5.10 Å². The van der Waals surface area contributed by atoms with E-state index in [2.05, 4.69) is 17.3 Å². The third kappa shape index (κ3) is 4.58. The van der Waals surface area contributed by atoms with Crippen molar-refractivity contribution in [2.24, 2.45) is 5.92 Å². The van der Waals surface area contributed by atoms with E-state index < -0.39 is 0 Å². The summed E-state index contributed by atoms with van der Waals surface area (Å²) in [6, 6.07) is 7.37. The van der Waals surface area contributed by atoms with Crippen molar-refractivity contribution in [3.05, 3.63) is 46.7 Å². The molecular weight excluding hydrogens is 326 g/mol. The van der Waals surface area contributed by atoms with Gasteiger partial charge < -0.3 is 10.4 Å². The predicted octanol–water partition coefficient (Wildman–Crippen LogP) is 3.36. The van der Waals surface area contributed by atoms with Gasteiger partial charge in [0.25, 0.3) is 5.91 Å². The highest BCUT2D eigenvalue weighted by atomic mass is 35.5. The molecule has 2 aromatic rings. The summed E-state index contributed by atoms with van der Waals surface area (Å²) in [6.07, 6.45) is 4.50. The van der Waals surface area contributed by atoms with Gasteiger partial charge in [0.1, 0.15) is 0 Å². The largest absolute Gasteiger partial charge is 0.396 e. The minimum absolute atomic E-state index is 0.140. The van der Waals surface area contributed by atoms with Crippen LogP contribution in [0.4, 0.5) is 0 Å². The first kappa shape index (κ1) is 18.5. The minimum Gasteiger partial charge on any atom is -0.396 e. The number of nitrogens with zero attached hydrogens (tertiary/aromatic N) is 2. The van der Waals surface area contributed by atoms with Crippen LogP contribution in [0, 0.1) is 12.8 Å². The molecule has 1 amide bonds. The molecule has 0 aliphatic rings. The smallest absolute Gasteiger partial charge is 0.272 e. The first-order valence-corrected chi connectivity index (χ1v) is 8.64. The second-order valence-corrected chi connectivity index (χ2v) is 6.34. The number of aryl methyl sites for hydroxylation is 1. The molecule has 24 heavy (non-hydrogen) atoms. The van der Waals surface area contributed by atoms with Crippen molar-refractivity contribution >= 4 is 17.5 Å². The third-order valence-corrected chi connectivity index (χ3v) is 4.32. The molecule has 0 fully saturated rings. The molecule has 1 atom stereocenters. The Bertz CT molecular complexity index is 679. The lowest BCUT2D eigenvalue weighted by molar-refractivity contribution is 0.0937. The predicted molar refractivity (Wildman–Crippen MR) is 95.7 cm³/mol. The van der Waals surface area contributed by atoms with E-state index in [0.29, 0.717) is 23.7 Å². The molecule has 1 unspecified atom stereocenters. The molecule has 0 saturated heterocycles. The maximum atomic E-state index is 12.4. The average molecular weight is 350 g/mol. The Hall–Kier alpha value is -1.85. The molecule has 1 aromatic heterocycles. The van der Waals surface area contributed by atoms with Crippen molar-refractivity contribution in [3.8, 4) is 5.69 Å². The molecule has 0 bridgehead atoms. The van der Waals surface area contributed by atoms with Crippen molar-refractivity contribution in [2.45, 2.75) is 33.1 Å². The topological polar surface area (TPSA) is 67.2 Å². The van der Waals surface area contributed by atoms with E-state index in [4.69, 9.17) is 16.7 Å². The number of hydrogen-bond donors (Lipinski definition) is 2. The number of aromatic nitrogens is 2. The Morgan fingerprint density at radius 1 is 1.38 bits per heavy atom. The number of rotatable bonds is 8. The summed E-state index contributed by atoms with van der Waals surface area (Å²) in [6.45, 7) is 4.64. The Labute approximate surface area is 147 Å². The quantitative estimate of drug-likeness (QED) is 0.767. The highest BCUT2D eigenvalue weighted by molar-refractivity contribution is 6.32. The number of nitrogens with one attached hydrogen (secondary N) is 1. The van der Waals surface area contributed by atoms with Crippen LogP contribution in [-0.4, -0.2) is 33.9 Å². The van der Waals surface area contributed by atoms with E-state index in [-0.39, 0.29) is 18.4 Å². The summed E-state index contributed by atoms with van der Waals surface area (Å²) in [5.41, 5.74) is 1.93. The summed E-state index contributed by atoms with van der Waals surface area (Å²) in [4.78, 5) is 12.4. The Kier molecular flexibility index (Phi) is 6.82. The van der Waals surface area contributed by atoms with E-state index in [9.17, 15) is 4.79 Å². The molecule has 130 valence electrons. The van der Waals surface area contributed by atoms with Gasteiger partial charge in [0.15, 0.2) is 5.69 Å². The Morgan fingerprint density at radius 3 is 2.79 bits per heavy atom. The summed E-state index contributed by atoms with van der Waals surface area (Å²) < 4.78 is 1.63. The van der Waals surface area contributed by atoms with Crippen LogP contribution in [-0.2, 0) is 0 Å². The van der Waals surface area contributed by atoms with E-state index >= 15 is 0 Å². The van der Waals surface area contributed by atoms with Gasteiger partial charge in [-0.1, -0.05) is 37.1 Å². The van der Waals surface area contributed by atoms with Crippen LogP contribution >= 0.6 is 11.6 Å². The van der Waals surface area contributed by atoms with Gasteiger partial charge in [-0.15, -0.1) is 0 Å². The molecule has 1 heterocycles. The SMILES string of the molecule is CCCC(CCO)CNC(=O)c1nn(-c2ccccc2Cl)cc1C. The van der Waals surface area contributed by atoms with Crippen molar-refractivity contribution in [3.63, 3.8) is 0 Å². The fraction of sp³-hybridized carbons (Fsp3) is 0.444. The number of aliphatic hydroxyl groups is 1. The van der Waals surface area contributed by atoms with Crippen LogP contribution in [0.3, 0.4) is 0 Å². The second kappa shape index (κ2) is 8.85. The molecular formula is C18H24ClN3O2. The highest BCUT2D eigenvalue weighted by Crippen LogP contribution is 2.20. The Morgan fingerprint density at radius 2 is 2.12 bits per heavy atom. The lowest BCUT2D eigenvalue weighted by atomic mass is 10.0. The summed E-state index contributed by atoms with van der Waals surface area (Å²) in [7, 11) is 0. The number of carbonyl (C=O) groups excluding carboxylic acids is 1. The van der Waals surface area contributed by atoms with E-state index in [0.717, 1.165) is 24.1 Å². The van der Waals surface area contributed by atoms with Crippen molar-refractivity contribution in [2.75, 3.05) is 13.2 Å². The molecule has 6 heteroatoms. The first-order chi connectivity index (χ1) is 11.6. The Balaban J connectivity index is 2.09. The second-order valence-electron chi connectivity index (χ2n) is 5.93. The zero-order valence-electron chi connectivity index (χ0n) is 14.1. The number of hydrogen-bond acceptors (Lipinski definition) is 3. The molecule has 0 aliphatic carbocycles. The lowest BCUT2D eigenvalue weighted by Crippen LogP contribution is -2.30. The van der Waals surface area contributed by atoms with Gasteiger partial charge in [0.2, 0.25) is 0 Å². The van der Waals surface area contributed by atoms with Gasteiger partial charge in [-0.25, -0.2) is 4.68 Å². The molecule has 2 rings (SSSR count). The van der Waals surface area contributed by atoms with Crippen LogP contribution in [0.25, 0.3) is 5.69 Å². The van der Waals surface area contributed by atoms with E-state index in [1.165, 1.54) is 0 Å². The molecule has 2 N–H and O–H groups in total. The fourth-order valence-electron chi connectivity index (χ4n) is 2.71. The number of carbonyl (C=O) groups is 1. The monoisotopic (exact) mass is 349 g/mol. The highest BCUT2D eigenvalue weighted by Gasteiger charge is 2.17. The average Bonchev–Trinajstić information content (AvgIpc) is 2.95. The third-order valence-electron chi connectivity index (χ3n) is 4.00. The van der Waals surface area contributed by atoms with Gasteiger partial charge in [0, 0.05) is 24.9 Å². The lowest BCUT2D eigenvalue weighted by Gasteiger charge is -2.15. The number of aliphatic hydroxyl groups excluding tert-OH is 1. The van der Waals surface area contributed by atoms with Crippen molar-refractivity contribution in [1.29, 1.82) is 0 Å².